The molecular weight excluding hydrogens is 296 g/mol. The van der Waals surface area contributed by atoms with Crippen LogP contribution in [-0.2, 0) is 9.59 Å². The normalized spacial score (nSPS) is 20.2. The molecule has 0 aliphatic carbocycles. The van der Waals surface area contributed by atoms with Crippen LogP contribution in [0.1, 0.15) is 24.3 Å². The topological polar surface area (TPSA) is 62.0 Å². The summed E-state index contributed by atoms with van der Waals surface area (Å²) >= 11 is 3.41. The number of hydrogen-bond donors (Lipinski definition) is 2. The van der Waals surface area contributed by atoms with Gasteiger partial charge in [0.05, 0.1) is 5.92 Å². The predicted molar refractivity (Wildman–Crippen MR) is 71.1 cm³/mol. The number of piperidine rings is 1. The molecule has 1 aromatic heterocycles. The van der Waals surface area contributed by atoms with Crippen LogP contribution in [0.2, 0.25) is 0 Å². The average Bonchev–Trinajstić information content (AvgIpc) is 2.72. The Bertz CT molecular complexity index is 647. The lowest BCUT2D eigenvalue weighted by atomic mass is 9.90. The summed E-state index contributed by atoms with van der Waals surface area (Å²) in [6.45, 7) is 0. The van der Waals surface area contributed by atoms with Gasteiger partial charge in [-0.15, -0.1) is 0 Å². The maximum Gasteiger partial charge on any atom is 0.234 e. The minimum absolute atomic E-state index is 0.182. The standard InChI is InChI=1S/C13H11BrN2O2/c14-7-1-2-8-10(6-15-11(8)5-7)9-3-4-12(17)16-13(9)18/h1-2,5-6,9,15H,3-4H2,(H,16,17,18). The molecule has 5 heteroatoms. The van der Waals surface area contributed by atoms with Crippen molar-refractivity contribution in [3.63, 3.8) is 0 Å². The third-order valence-corrected chi connectivity index (χ3v) is 3.78. The van der Waals surface area contributed by atoms with Crippen LogP contribution in [0.25, 0.3) is 10.9 Å². The molecule has 1 aliphatic rings. The molecule has 1 aromatic carbocycles. The Balaban J connectivity index is 2.04. The fourth-order valence-corrected chi connectivity index (χ4v) is 2.76. The maximum atomic E-state index is 11.9. The van der Waals surface area contributed by atoms with E-state index in [1.165, 1.54) is 0 Å². The molecule has 0 radical (unpaired) electrons. The number of amides is 2. The van der Waals surface area contributed by atoms with Crippen LogP contribution < -0.4 is 5.32 Å². The van der Waals surface area contributed by atoms with Crippen LogP contribution in [0.5, 0.6) is 0 Å². The third kappa shape index (κ3) is 1.84. The van der Waals surface area contributed by atoms with Crippen molar-refractivity contribution < 1.29 is 9.59 Å². The van der Waals surface area contributed by atoms with Crippen molar-refractivity contribution in [3.05, 3.63) is 34.4 Å². The van der Waals surface area contributed by atoms with Crippen molar-refractivity contribution in [2.24, 2.45) is 0 Å². The zero-order chi connectivity index (χ0) is 12.7. The van der Waals surface area contributed by atoms with Crippen molar-refractivity contribution in [3.8, 4) is 0 Å². The van der Waals surface area contributed by atoms with Crippen molar-refractivity contribution in [2.75, 3.05) is 0 Å². The SMILES string of the molecule is O=C1CCC(c2c[nH]c3cc(Br)ccc23)C(=O)N1. The first-order chi connectivity index (χ1) is 8.65. The van der Waals surface area contributed by atoms with Gasteiger partial charge in [-0.2, -0.15) is 0 Å². The Hall–Kier alpha value is -1.62. The Morgan fingerprint density at radius 1 is 1.28 bits per heavy atom. The third-order valence-electron chi connectivity index (χ3n) is 3.29. The Kier molecular flexibility index (Phi) is 2.70. The molecule has 3 rings (SSSR count). The molecule has 1 aliphatic heterocycles. The molecule has 1 unspecified atom stereocenters. The number of benzene rings is 1. The molecule has 1 atom stereocenters. The first kappa shape index (κ1) is 11.5. The summed E-state index contributed by atoms with van der Waals surface area (Å²) in [6, 6.07) is 5.91. The Morgan fingerprint density at radius 3 is 2.89 bits per heavy atom. The summed E-state index contributed by atoms with van der Waals surface area (Å²) in [6.07, 6.45) is 2.84. The minimum Gasteiger partial charge on any atom is -0.361 e. The number of carbonyl (C=O) groups excluding carboxylic acids is 2. The minimum atomic E-state index is -0.238. The summed E-state index contributed by atoms with van der Waals surface area (Å²) in [5.74, 6) is -0.619. The van der Waals surface area contributed by atoms with E-state index >= 15 is 0 Å². The fourth-order valence-electron chi connectivity index (χ4n) is 2.40. The summed E-state index contributed by atoms with van der Waals surface area (Å²) in [5.41, 5.74) is 1.95. The number of rotatable bonds is 1. The van der Waals surface area contributed by atoms with E-state index in [1.807, 2.05) is 24.4 Å². The molecular formula is C13H11BrN2O2. The average molecular weight is 307 g/mol. The van der Waals surface area contributed by atoms with Crippen molar-refractivity contribution >= 4 is 38.6 Å². The van der Waals surface area contributed by atoms with Gasteiger partial charge in [0.15, 0.2) is 0 Å². The van der Waals surface area contributed by atoms with Crippen LogP contribution in [-0.4, -0.2) is 16.8 Å². The van der Waals surface area contributed by atoms with Gasteiger partial charge in [-0.1, -0.05) is 22.0 Å². The Labute approximate surface area is 112 Å². The van der Waals surface area contributed by atoms with E-state index in [-0.39, 0.29) is 17.7 Å². The van der Waals surface area contributed by atoms with Gasteiger partial charge < -0.3 is 4.98 Å². The molecule has 0 spiro atoms. The predicted octanol–water partition coefficient (Wildman–Crippen LogP) is 2.45. The van der Waals surface area contributed by atoms with E-state index in [9.17, 15) is 9.59 Å². The molecule has 2 N–H and O–H groups in total. The highest BCUT2D eigenvalue weighted by Gasteiger charge is 2.29. The first-order valence-electron chi connectivity index (χ1n) is 5.75. The molecule has 2 amide bonds. The molecule has 4 nitrogen and oxygen atoms in total. The number of hydrogen-bond acceptors (Lipinski definition) is 2. The molecule has 2 aromatic rings. The van der Waals surface area contributed by atoms with Crippen LogP contribution in [0.3, 0.4) is 0 Å². The van der Waals surface area contributed by atoms with Crippen LogP contribution in [0.4, 0.5) is 0 Å². The van der Waals surface area contributed by atoms with Gasteiger partial charge in [-0.3, -0.25) is 14.9 Å². The quantitative estimate of drug-likeness (QED) is 0.795. The number of H-pyrrole nitrogens is 1. The summed E-state index contributed by atoms with van der Waals surface area (Å²) < 4.78 is 0.992. The Morgan fingerprint density at radius 2 is 2.11 bits per heavy atom. The van der Waals surface area contributed by atoms with E-state index < -0.39 is 0 Å². The molecule has 2 heterocycles. The lowest BCUT2D eigenvalue weighted by Gasteiger charge is -2.20. The number of fused-ring (bicyclic) bond motifs is 1. The van der Waals surface area contributed by atoms with Gasteiger partial charge in [-0.25, -0.2) is 0 Å². The van der Waals surface area contributed by atoms with Gasteiger partial charge >= 0.3 is 0 Å². The van der Waals surface area contributed by atoms with E-state index in [0.717, 1.165) is 20.9 Å². The second-order valence-electron chi connectivity index (χ2n) is 4.44. The lowest BCUT2D eigenvalue weighted by Crippen LogP contribution is -2.39. The highest BCUT2D eigenvalue weighted by molar-refractivity contribution is 9.10. The molecule has 92 valence electrons. The van der Waals surface area contributed by atoms with Crippen LogP contribution >= 0.6 is 15.9 Å². The monoisotopic (exact) mass is 306 g/mol. The van der Waals surface area contributed by atoms with Crippen molar-refractivity contribution in [2.45, 2.75) is 18.8 Å². The van der Waals surface area contributed by atoms with Gasteiger partial charge in [0, 0.05) is 28.0 Å². The second kappa shape index (κ2) is 4.24. The second-order valence-corrected chi connectivity index (χ2v) is 5.35. The molecule has 0 saturated carbocycles. The molecule has 1 fully saturated rings. The van der Waals surface area contributed by atoms with Gasteiger partial charge in [0.1, 0.15) is 0 Å². The molecule has 18 heavy (non-hydrogen) atoms. The number of aromatic nitrogens is 1. The zero-order valence-corrected chi connectivity index (χ0v) is 11.1. The zero-order valence-electron chi connectivity index (χ0n) is 9.50. The molecule has 0 bridgehead atoms. The van der Waals surface area contributed by atoms with E-state index in [4.69, 9.17) is 0 Å². The van der Waals surface area contributed by atoms with E-state index in [1.54, 1.807) is 0 Å². The van der Waals surface area contributed by atoms with E-state index in [2.05, 4.69) is 26.2 Å². The van der Waals surface area contributed by atoms with Crippen LogP contribution in [0.15, 0.2) is 28.9 Å². The van der Waals surface area contributed by atoms with E-state index in [0.29, 0.717) is 12.8 Å². The number of imide groups is 1. The fraction of sp³-hybridized carbons (Fsp3) is 0.231. The summed E-state index contributed by atoms with van der Waals surface area (Å²) in [7, 11) is 0. The van der Waals surface area contributed by atoms with Crippen molar-refractivity contribution in [1.82, 2.24) is 10.3 Å². The van der Waals surface area contributed by atoms with Gasteiger partial charge in [0.25, 0.3) is 0 Å². The number of halogens is 1. The highest BCUT2D eigenvalue weighted by atomic mass is 79.9. The van der Waals surface area contributed by atoms with Gasteiger partial charge in [0.2, 0.25) is 11.8 Å². The molecule has 1 saturated heterocycles. The lowest BCUT2D eigenvalue weighted by molar-refractivity contribution is -0.134. The summed E-state index contributed by atoms with van der Waals surface area (Å²) in [5, 5.41) is 3.43. The highest BCUT2D eigenvalue weighted by Crippen LogP contribution is 2.31. The number of nitrogens with one attached hydrogen (secondary N) is 2. The largest absolute Gasteiger partial charge is 0.361 e. The number of aromatic amines is 1. The smallest absolute Gasteiger partial charge is 0.234 e. The first-order valence-corrected chi connectivity index (χ1v) is 6.54. The van der Waals surface area contributed by atoms with Crippen LogP contribution in [0, 0.1) is 0 Å². The van der Waals surface area contributed by atoms with Crippen molar-refractivity contribution in [1.29, 1.82) is 0 Å². The van der Waals surface area contributed by atoms with Gasteiger partial charge in [-0.05, 0) is 24.1 Å². The maximum absolute atomic E-state index is 11.9. The summed E-state index contributed by atoms with van der Waals surface area (Å²) in [4.78, 5) is 26.2. The number of carbonyl (C=O) groups is 2.